The fraction of sp³-hybridized carbons (Fsp3) is 0.320. The van der Waals surface area contributed by atoms with E-state index in [1.165, 1.54) is 25.7 Å². The molecule has 1 saturated heterocycles. The summed E-state index contributed by atoms with van der Waals surface area (Å²) < 4.78 is 35.9. The summed E-state index contributed by atoms with van der Waals surface area (Å²) in [5, 5.41) is 12.0. The SMILES string of the molecule is CCc1c(F)ccc2cc(O)cc(-c3ncc4c(N5CC6CC6C5)nc(OC)nc4c3F)c12. The number of pyridine rings is 1. The monoisotopic (exact) mass is 448 g/mol. The predicted molar refractivity (Wildman–Crippen MR) is 122 cm³/mol. The fourth-order valence-corrected chi connectivity index (χ4v) is 5.15. The van der Waals surface area contributed by atoms with E-state index < -0.39 is 5.82 Å². The van der Waals surface area contributed by atoms with E-state index in [1.807, 2.05) is 6.92 Å². The van der Waals surface area contributed by atoms with Crippen LogP contribution < -0.4 is 9.64 Å². The van der Waals surface area contributed by atoms with Crippen molar-refractivity contribution in [2.75, 3.05) is 25.1 Å². The molecule has 0 bridgehead atoms. The summed E-state index contributed by atoms with van der Waals surface area (Å²) in [6.45, 7) is 3.59. The molecule has 0 radical (unpaired) electrons. The molecule has 0 spiro atoms. The number of hydrogen-bond acceptors (Lipinski definition) is 6. The molecule has 33 heavy (non-hydrogen) atoms. The first-order valence-electron chi connectivity index (χ1n) is 11.1. The number of methoxy groups -OCH3 is 1. The average molecular weight is 448 g/mol. The molecule has 1 N–H and O–H groups in total. The molecule has 4 aromatic rings. The lowest BCUT2D eigenvalue weighted by atomic mass is 9.94. The molecule has 1 aliphatic carbocycles. The first kappa shape index (κ1) is 20.1. The molecule has 0 amide bonds. The van der Waals surface area contributed by atoms with Crippen molar-refractivity contribution in [1.29, 1.82) is 0 Å². The lowest BCUT2D eigenvalue weighted by molar-refractivity contribution is 0.381. The standard InChI is InChI=1S/C25H22F2N4O2/c1-3-16-19(26)5-4-12-7-15(32)8-17(20(12)16)22-21(27)23-18(9-28-22)24(30-25(29-23)33-2)31-10-13-6-14(13)11-31/h4-5,7-9,13-14,32H,3,6,10-11H2,1-2H3. The van der Waals surface area contributed by atoms with Crippen molar-refractivity contribution in [2.24, 2.45) is 11.8 Å². The van der Waals surface area contributed by atoms with Gasteiger partial charge in [0, 0.05) is 24.8 Å². The van der Waals surface area contributed by atoms with Gasteiger partial charge in [0.15, 0.2) is 5.82 Å². The highest BCUT2D eigenvalue weighted by Crippen LogP contribution is 2.47. The lowest BCUT2D eigenvalue weighted by Gasteiger charge is -2.21. The predicted octanol–water partition coefficient (Wildman–Crippen LogP) is 4.86. The maximum atomic E-state index is 16.0. The number of benzene rings is 2. The molecule has 2 aliphatic rings. The van der Waals surface area contributed by atoms with Crippen LogP contribution in [0.2, 0.25) is 0 Å². The van der Waals surface area contributed by atoms with Crippen LogP contribution in [0.3, 0.4) is 0 Å². The minimum atomic E-state index is -0.656. The first-order chi connectivity index (χ1) is 16.0. The number of aromatic nitrogens is 3. The maximum absolute atomic E-state index is 16.0. The molecular formula is C25H22F2N4O2. The van der Waals surface area contributed by atoms with Gasteiger partial charge in [0.25, 0.3) is 0 Å². The third kappa shape index (κ3) is 3.08. The summed E-state index contributed by atoms with van der Waals surface area (Å²) in [6, 6.07) is 5.98. The lowest BCUT2D eigenvalue weighted by Crippen LogP contribution is -2.23. The first-order valence-corrected chi connectivity index (χ1v) is 11.1. The molecular weight excluding hydrogens is 426 g/mol. The van der Waals surface area contributed by atoms with Crippen molar-refractivity contribution in [1.82, 2.24) is 15.0 Å². The molecule has 1 aliphatic heterocycles. The third-order valence-electron chi connectivity index (χ3n) is 6.87. The minimum absolute atomic E-state index is 0.000303. The summed E-state index contributed by atoms with van der Waals surface area (Å²) in [7, 11) is 1.45. The third-order valence-corrected chi connectivity index (χ3v) is 6.87. The molecule has 8 heteroatoms. The Morgan fingerprint density at radius 3 is 2.67 bits per heavy atom. The molecule has 6 rings (SSSR count). The van der Waals surface area contributed by atoms with Gasteiger partial charge in [-0.3, -0.25) is 4.98 Å². The van der Waals surface area contributed by atoms with Gasteiger partial charge in [0.05, 0.1) is 12.5 Å². The maximum Gasteiger partial charge on any atom is 0.318 e. The van der Waals surface area contributed by atoms with E-state index in [4.69, 9.17) is 4.74 Å². The zero-order chi connectivity index (χ0) is 22.9. The fourth-order valence-electron chi connectivity index (χ4n) is 5.15. The number of phenolic OH excluding ortho intramolecular Hbond substituents is 1. The number of aromatic hydroxyl groups is 1. The van der Waals surface area contributed by atoms with E-state index >= 15 is 4.39 Å². The molecule has 6 nitrogen and oxygen atoms in total. The Morgan fingerprint density at radius 1 is 1.15 bits per heavy atom. The Hall–Kier alpha value is -3.55. The van der Waals surface area contributed by atoms with Crippen LogP contribution in [0.25, 0.3) is 32.9 Å². The quantitative estimate of drug-likeness (QED) is 0.481. The number of rotatable bonds is 4. The van der Waals surface area contributed by atoms with Gasteiger partial charge >= 0.3 is 6.01 Å². The van der Waals surface area contributed by atoms with Crippen LogP contribution in [0.1, 0.15) is 18.9 Å². The van der Waals surface area contributed by atoms with Crippen molar-refractivity contribution in [3.05, 3.63) is 47.7 Å². The number of nitrogens with zero attached hydrogens (tertiary/aromatic N) is 4. The zero-order valence-corrected chi connectivity index (χ0v) is 18.3. The van der Waals surface area contributed by atoms with Crippen LogP contribution in [0.4, 0.5) is 14.6 Å². The highest BCUT2D eigenvalue weighted by molar-refractivity contribution is 6.01. The second-order valence-electron chi connectivity index (χ2n) is 8.85. The van der Waals surface area contributed by atoms with E-state index in [1.54, 1.807) is 18.3 Å². The number of hydrogen-bond donors (Lipinski definition) is 1. The van der Waals surface area contributed by atoms with Crippen LogP contribution in [0.15, 0.2) is 30.5 Å². The number of fused-ring (bicyclic) bond motifs is 3. The molecule has 2 aromatic heterocycles. The number of piperidine rings is 1. The van der Waals surface area contributed by atoms with E-state index in [0.29, 0.717) is 51.4 Å². The zero-order valence-electron chi connectivity index (χ0n) is 18.3. The van der Waals surface area contributed by atoms with Crippen LogP contribution in [-0.2, 0) is 6.42 Å². The van der Waals surface area contributed by atoms with Gasteiger partial charge in [0.2, 0.25) is 0 Å². The second kappa shape index (κ2) is 7.23. The Kier molecular flexibility index (Phi) is 4.40. The molecule has 3 heterocycles. The normalized spacial score (nSPS) is 19.3. The molecule has 2 aromatic carbocycles. The van der Waals surface area contributed by atoms with Crippen molar-refractivity contribution in [3.63, 3.8) is 0 Å². The summed E-state index contributed by atoms with van der Waals surface area (Å²) in [5.74, 6) is 0.861. The van der Waals surface area contributed by atoms with Gasteiger partial charge in [-0.05, 0) is 59.2 Å². The smallest absolute Gasteiger partial charge is 0.318 e. The van der Waals surface area contributed by atoms with E-state index in [9.17, 15) is 9.50 Å². The highest BCUT2D eigenvalue weighted by Gasteiger charge is 2.46. The number of ether oxygens (including phenoxy) is 1. The average Bonchev–Trinajstić information content (AvgIpc) is 3.43. The molecule has 1 saturated carbocycles. The van der Waals surface area contributed by atoms with Crippen molar-refractivity contribution in [2.45, 2.75) is 19.8 Å². The van der Waals surface area contributed by atoms with Crippen molar-refractivity contribution < 1.29 is 18.6 Å². The molecule has 168 valence electrons. The Balaban J connectivity index is 1.61. The van der Waals surface area contributed by atoms with Crippen LogP contribution in [0, 0.1) is 23.5 Å². The van der Waals surface area contributed by atoms with Crippen LogP contribution >= 0.6 is 0 Å². The summed E-state index contributed by atoms with van der Waals surface area (Å²) in [6.07, 6.45) is 3.20. The van der Waals surface area contributed by atoms with Gasteiger partial charge in [-0.25, -0.2) is 8.78 Å². The molecule has 2 unspecified atom stereocenters. The van der Waals surface area contributed by atoms with Crippen LogP contribution in [-0.4, -0.2) is 40.3 Å². The van der Waals surface area contributed by atoms with Crippen LogP contribution in [0.5, 0.6) is 11.8 Å². The largest absolute Gasteiger partial charge is 0.508 e. The molecule has 2 atom stereocenters. The minimum Gasteiger partial charge on any atom is -0.508 e. The molecule has 2 fully saturated rings. The number of anilines is 1. The second-order valence-corrected chi connectivity index (χ2v) is 8.85. The Morgan fingerprint density at radius 2 is 1.94 bits per heavy atom. The van der Waals surface area contributed by atoms with E-state index in [2.05, 4.69) is 19.9 Å². The topological polar surface area (TPSA) is 71.4 Å². The highest BCUT2D eigenvalue weighted by atomic mass is 19.1. The summed E-state index contributed by atoms with van der Waals surface area (Å²) in [4.78, 5) is 15.4. The van der Waals surface area contributed by atoms with Gasteiger partial charge < -0.3 is 14.7 Å². The number of aryl methyl sites for hydroxylation is 1. The Labute approximate surface area is 188 Å². The van der Waals surface area contributed by atoms with E-state index in [-0.39, 0.29) is 28.8 Å². The van der Waals surface area contributed by atoms with Gasteiger partial charge in [0.1, 0.15) is 28.6 Å². The van der Waals surface area contributed by atoms with E-state index in [0.717, 1.165) is 13.1 Å². The van der Waals surface area contributed by atoms with Gasteiger partial charge in [-0.15, -0.1) is 0 Å². The van der Waals surface area contributed by atoms with Gasteiger partial charge in [-0.2, -0.15) is 9.97 Å². The van der Waals surface area contributed by atoms with Crippen molar-refractivity contribution >= 4 is 27.5 Å². The number of phenols is 1. The van der Waals surface area contributed by atoms with Crippen molar-refractivity contribution in [3.8, 4) is 23.0 Å². The summed E-state index contributed by atoms with van der Waals surface area (Å²) >= 11 is 0. The van der Waals surface area contributed by atoms with Gasteiger partial charge in [-0.1, -0.05) is 13.0 Å². The number of halogens is 2. The summed E-state index contributed by atoms with van der Waals surface area (Å²) in [5.41, 5.74) is 0.858. The Bertz CT molecular complexity index is 1430.